The first kappa shape index (κ1) is 29.6. The molecule has 4 N–H and O–H groups in total. The number of benzene rings is 2. The van der Waals surface area contributed by atoms with Gasteiger partial charge in [-0.15, -0.1) is 0 Å². The number of fused-ring (bicyclic) bond motifs is 1. The van der Waals surface area contributed by atoms with Gasteiger partial charge < -0.3 is 30.5 Å². The number of ether oxygens (including phenoxy) is 2. The second-order valence-electron chi connectivity index (χ2n) is 9.06. The SMILES string of the molecule is COC(=O)CC(NC(=O)C(NC(=O)c1ccc2ccccc2n1)C(C)C)C(=O)NCOc1ccccc1C(=O)O. The van der Waals surface area contributed by atoms with Crippen LogP contribution in [0.1, 0.15) is 41.1 Å². The van der Waals surface area contributed by atoms with Gasteiger partial charge in [0.2, 0.25) is 11.8 Å². The lowest BCUT2D eigenvalue weighted by atomic mass is 10.0. The first-order valence-corrected chi connectivity index (χ1v) is 12.4. The maximum atomic E-state index is 13.2. The van der Waals surface area contributed by atoms with Crippen LogP contribution in [0.4, 0.5) is 0 Å². The smallest absolute Gasteiger partial charge is 0.339 e. The highest BCUT2D eigenvalue weighted by Crippen LogP contribution is 2.17. The van der Waals surface area contributed by atoms with Gasteiger partial charge >= 0.3 is 11.9 Å². The molecule has 0 aliphatic rings. The van der Waals surface area contributed by atoms with Crippen LogP contribution in [0.3, 0.4) is 0 Å². The van der Waals surface area contributed by atoms with E-state index >= 15 is 0 Å². The van der Waals surface area contributed by atoms with Crippen molar-refractivity contribution in [3.63, 3.8) is 0 Å². The molecule has 40 heavy (non-hydrogen) atoms. The minimum atomic E-state index is -1.37. The maximum absolute atomic E-state index is 13.2. The zero-order valence-electron chi connectivity index (χ0n) is 22.2. The van der Waals surface area contributed by atoms with E-state index in [0.29, 0.717) is 5.52 Å². The minimum absolute atomic E-state index is 0.0220. The monoisotopic (exact) mass is 550 g/mol. The van der Waals surface area contributed by atoms with E-state index in [-0.39, 0.29) is 22.9 Å². The predicted molar refractivity (Wildman–Crippen MR) is 143 cm³/mol. The Morgan fingerprint density at radius 2 is 1.60 bits per heavy atom. The number of carbonyl (C=O) groups is 5. The van der Waals surface area contributed by atoms with E-state index < -0.39 is 54.9 Å². The van der Waals surface area contributed by atoms with E-state index in [1.807, 2.05) is 12.1 Å². The fourth-order valence-corrected chi connectivity index (χ4v) is 3.74. The molecule has 2 unspecified atom stereocenters. The third kappa shape index (κ3) is 7.76. The second-order valence-corrected chi connectivity index (χ2v) is 9.06. The highest BCUT2D eigenvalue weighted by Gasteiger charge is 2.31. The summed E-state index contributed by atoms with van der Waals surface area (Å²) in [4.78, 5) is 66.7. The summed E-state index contributed by atoms with van der Waals surface area (Å²) in [6.07, 6.45) is -0.495. The number of carbonyl (C=O) groups excluding carboxylic acids is 4. The quantitative estimate of drug-likeness (QED) is 0.194. The molecular weight excluding hydrogens is 520 g/mol. The largest absolute Gasteiger partial charge is 0.478 e. The van der Waals surface area contributed by atoms with Crippen molar-refractivity contribution in [3.8, 4) is 5.75 Å². The van der Waals surface area contributed by atoms with Crippen LogP contribution in [-0.2, 0) is 19.1 Å². The summed E-state index contributed by atoms with van der Waals surface area (Å²) in [5.41, 5.74) is 0.621. The molecule has 1 aromatic heterocycles. The molecule has 0 radical (unpaired) electrons. The van der Waals surface area contributed by atoms with E-state index in [9.17, 15) is 29.1 Å². The molecular formula is C28H30N4O8. The molecule has 2 atom stereocenters. The molecule has 12 nitrogen and oxygen atoms in total. The number of pyridine rings is 1. The molecule has 0 aliphatic heterocycles. The third-order valence-electron chi connectivity index (χ3n) is 5.89. The van der Waals surface area contributed by atoms with Gasteiger partial charge in [-0.2, -0.15) is 0 Å². The number of carboxylic acids is 1. The van der Waals surface area contributed by atoms with Crippen molar-refractivity contribution in [1.29, 1.82) is 0 Å². The number of nitrogens with one attached hydrogen (secondary N) is 3. The summed E-state index contributed by atoms with van der Waals surface area (Å²) in [6.45, 7) is 2.98. The molecule has 1 heterocycles. The van der Waals surface area contributed by atoms with Gasteiger partial charge in [0.1, 0.15) is 29.1 Å². The molecule has 0 saturated carbocycles. The van der Waals surface area contributed by atoms with Crippen LogP contribution < -0.4 is 20.7 Å². The molecule has 2 aromatic carbocycles. The minimum Gasteiger partial charge on any atom is -0.478 e. The van der Waals surface area contributed by atoms with Gasteiger partial charge in [0.15, 0.2) is 6.73 Å². The van der Waals surface area contributed by atoms with Crippen molar-refractivity contribution >= 4 is 40.6 Å². The Balaban J connectivity index is 1.69. The molecule has 0 bridgehead atoms. The molecule has 0 saturated heterocycles. The van der Waals surface area contributed by atoms with E-state index in [4.69, 9.17) is 4.74 Å². The fourth-order valence-electron chi connectivity index (χ4n) is 3.74. The van der Waals surface area contributed by atoms with Crippen molar-refractivity contribution in [2.45, 2.75) is 32.4 Å². The highest BCUT2D eigenvalue weighted by atomic mass is 16.5. The topological polar surface area (TPSA) is 173 Å². The van der Waals surface area contributed by atoms with Gasteiger partial charge in [-0.25, -0.2) is 9.78 Å². The average Bonchev–Trinajstić information content (AvgIpc) is 2.94. The maximum Gasteiger partial charge on any atom is 0.339 e. The van der Waals surface area contributed by atoms with Crippen molar-refractivity contribution in [2.75, 3.05) is 13.8 Å². The number of amides is 3. The Morgan fingerprint density at radius 1 is 0.900 bits per heavy atom. The number of methoxy groups -OCH3 is 1. The summed E-state index contributed by atoms with van der Waals surface area (Å²) in [7, 11) is 1.14. The molecule has 0 aliphatic carbocycles. The molecule has 3 amide bonds. The number of hydrogen-bond acceptors (Lipinski definition) is 8. The van der Waals surface area contributed by atoms with Crippen LogP contribution in [-0.4, -0.2) is 65.7 Å². The van der Waals surface area contributed by atoms with Gasteiger partial charge in [-0.3, -0.25) is 19.2 Å². The molecule has 0 spiro atoms. The molecule has 0 fully saturated rings. The molecule has 3 rings (SSSR count). The number of carboxylic acid groups (broad SMARTS) is 1. The summed E-state index contributed by atoms with van der Waals surface area (Å²) in [5.74, 6) is -4.40. The van der Waals surface area contributed by atoms with Crippen LogP contribution >= 0.6 is 0 Å². The van der Waals surface area contributed by atoms with Crippen LogP contribution in [0.15, 0.2) is 60.7 Å². The average molecular weight is 551 g/mol. The van der Waals surface area contributed by atoms with Gasteiger partial charge in [-0.05, 0) is 30.2 Å². The first-order chi connectivity index (χ1) is 19.1. The van der Waals surface area contributed by atoms with Crippen molar-refractivity contribution in [3.05, 3.63) is 71.9 Å². The number of rotatable bonds is 12. The summed E-state index contributed by atoms with van der Waals surface area (Å²) in [6, 6.07) is 14.0. The van der Waals surface area contributed by atoms with Gasteiger partial charge in [0.05, 0.1) is 19.0 Å². The Kier molecular flexibility index (Phi) is 10.1. The van der Waals surface area contributed by atoms with Gasteiger partial charge in [0, 0.05) is 5.39 Å². The second kappa shape index (κ2) is 13.7. The van der Waals surface area contributed by atoms with Crippen LogP contribution in [0.25, 0.3) is 10.9 Å². The normalized spacial score (nSPS) is 12.2. The Bertz CT molecular complexity index is 1410. The fraction of sp³-hybridized carbons (Fsp3) is 0.286. The van der Waals surface area contributed by atoms with E-state index in [1.165, 1.54) is 18.2 Å². The number of para-hydroxylation sites is 2. The van der Waals surface area contributed by atoms with Crippen LogP contribution in [0.5, 0.6) is 5.75 Å². The number of aromatic carboxylic acids is 1. The van der Waals surface area contributed by atoms with Gasteiger partial charge in [-0.1, -0.05) is 50.2 Å². The van der Waals surface area contributed by atoms with Crippen molar-refractivity contribution < 1.29 is 38.6 Å². The summed E-state index contributed by atoms with van der Waals surface area (Å²) in [5, 5.41) is 17.7. The molecule has 3 aromatic rings. The Labute approximate surface area is 230 Å². The number of esters is 1. The lowest BCUT2D eigenvalue weighted by Gasteiger charge is -2.25. The first-order valence-electron chi connectivity index (χ1n) is 12.4. The van der Waals surface area contributed by atoms with Crippen LogP contribution in [0.2, 0.25) is 0 Å². The number of hydrogen-bond donors (Lipinski definition) is 4. The number of aromatic nitrogens is 1. The molecule has 12 heteroatoms. The zero-order valence-corrected chi connectivity index (χ0v) is 22.2. The highest BCUT2D eigenvalue weighted by molar-refractivity contribution is 5.99. The third-order valence-corrected chi connectivity index (χ3v) is 5.89. The molecule has 210 valence electrons. The standard InChI is InChI=1S/C28H30N4O8/c1-16(2)24(32-26(35)20-13-12-17-8-4-6-10-19(17)30-20)27(36)31-21(14-23(33)39-3)25(34)29-15-40-22-11-7-5-9-18(22)28(37)38/h4-13,16,21,24H,14-15H2,1-3H3,(H,29,34)(H,31,36)(H,32,35)(H,37,38). The summed E-state index contributed by atoms with van der Waals surface area (Å²) < 4.78 is 10.0. The Morgan fingerprint density at radius 3 is 2.30 bits per heavy atom. The van der Waals surface area contributed by atoms with E-state index in [1.54, 1.807) is 44.2 Å². The lowest BCUT2D eigenvalue weighted by Crippen LogP contribution is -2.56. The van der Waals surface area contributed by atoms with Crippen molar-refractivity contribution in [2.24, 2.45) is 5.92 Å². The van der Waals surface area contributed by atoms with Gasteiger partial charge in [0.25, 0.3) is 5.91 Å². The van der Waals surface area contributed by atoms with Crippen molar-refractivity contribution in [1.82, 2.24) is 20.9 Å². The zero-order chi connectivity index (χ0) is 29.2. The Hall–Kier alpha value is -5.00. The van der Waals surface area contributed by atoms with E-state index in [0.717, 1.165) is 12.5 Å². The van der Waals surface area contributed by atoms with E-state index in [2.05, 4.69) is 25.7 Å². The van der Waals surface area contributed by atoms with Crippen LogP contribution in [0, 0.1) is 5.92 Å². The summed E-state index contributed by atoms with van der Waals surface area (Å²) >= 11 is 0. The lowest BCUT2D eigenvalue weighted by molar-refractivity contribution is -0.144. The predicted octanol–water partition coefficient (Wildman–Crippen LogP) is 1.89. The number of nitrogens with zero attached hydrogens (tertiary/aromatic N) is 1.